The van der Waals surface area contributed by atoms with Crippen molar-refractivity contribution in [1.82, 2.24) is 20.1 Å². The fraction of sp³-hybridized carbons (Fsp3) is 0.421. The highest BCUT2D eigenvalue weighted by atomic mass is 19.4. The van der Waals surface area contributed by atoms with Crippen LogP contribution < -0.4 is 10.1 Å². The van der Waals surface area contributed by atoms with Crippen LogP contribution in [0.15, 0.2) is 72.8 Å². The monoisotopic (exact) mass is 698 g/mol. The minimum Gasteiger partial charge on any atom is -0.494 e. The number of piperidine rings is 2. The molecule has 3 heterocycles. The van der Waals surface area contributed by atoms with Gasteiger partial charge in [-0.3, -0.25) is 9.69 Å². The number of fused-ring (bicyclic) bond motifs is 1. The Kier molecular flexibility index (Phi) is 10.7. The van der Waals surface area contributed by atoms with Gasteiger partial charge in [-0.15, -0.1) is 0 Å². The van der Waals surface area contributed by atoms with Gasteiger partial charge in [-0.1, -0.05) is 48.9 Å². The highest BCUT2D eigenvalue weighted by molar-refractivity contribution is 6.09. The summed E-state index contributed by atoms with van der Waals surface area (Å²) in [4.78, 5) is 23.8. The molecule has 1 amide bonds. The van der Waals surface area contributed by atoms with Gasteiger partial charge in [0, 0.05) is 29.1 Å². The Morgan fingerprint density at radius 1 is 0.900 bits per heavy atom. The molecule has 2 aliphatic rings. The minimum absolute atomic E-state index is 0.0766. The van der Waals surface area contributed by atoms with Crippen LogP contribution in [0.25, 0.3) is 22.2 Å². The number of hydrogen-bond donors (Lipinski definition) is 1. The SMILES string of the molecule is CCOc1ccc2nc(-c3cccc(C(F)(F)F)c3)c(CN3CCC(N4CCCCC4)CC3)c(C(=O)N[C@H](c3ccccc3)C(F)(F)F)c2c1. The van der Waals surface area contributed by atoms with E-state index in [2.05, 4.69) is 15.1 Å². The van der Waals surface area contributed by atoms with Crippen molar-refractivity contribution in [2.45, 2.75) is 70.0 Å². The van der Waals surface area contributed by atoms with Crippen molar-refractivity contribution in [3.05, 3.63) is 95.1 Å². The number of carbonyl (C=O) groups is 1. The molecule has 2 fully saturated rings. The number of nitrogens with zero attached hydrogens (tertiary/aromatic N) is 3. The molecule has 0 aliphatic carbocycles. The van der Waals surface area contributed by atoms with Gasteiger partial charge in [0.2, 0.25) is 0 Å². The van der Waals surface area contributed by atoms with Crippen molar-refractivity contribution in [2.75, 3.05) is 32.8 Å². The number of alkyl halides is 6. The Hall–Kier alpha value is -4.16. The molecule has 50 heavy (non-hydrogen) atoms. The summed E-state index contributed by atoms with van der Waals surface area (Å²) < 4.78 is 91.1. The number of carbonyl (C=O) groups excluding carboxylic acids is 1. The lowest BCUT2D eigenvalue weighted by atomic mass is 9.93. The van der Waals surface area contributed by atoms with Crippen LogP contribution >= 0.6 is 0 Å². The number of rotatable bonds is 9. The third kappa shape index (κ3) is 8.07. The third-order valence-corrected chi connectivity index (χ3v) is 9.64. The second kappa shape index (κ2) is 15.0. The normalized spacial score (nSPS) is 17.5. The summed E-state index contributed by atoms with van der Waals surface area (Å²) in [5, 5.41) is 2.48. The molecule has 12 heteroatoms. The second-order valence-corrected chi connectivity index (χ2v) is 13.0. The zero-order chi connectivity index (χ0) is 35.5. The Morgan fingerprint density at radius 3 is 2.28 bits per heavy atom. The standard InChI is InChI=1S/C38H40F6N4O2/c1-2-50-29-14-15-32-30(23-29)33(36(49)46-35(38(42,43)44)25-10-5-3-6-11-25)31(34(45-32)26-12-9-13-27(22-26)37(39,40)41)24-47-20-16-28(17-21-47)48-18-7-4-8-19-48/h3,5-6,9-15,22-23,28,35H,2,4,7-8,16-21,24H2,1H3,(H,46,49)/t35-/m1/s1. The van der Waals surface area contributed by atoms with E-state index in [-0.39, 0.29) is 45.4 Å². The smallest absolute Gasteiger partial charge is 0.416 e. The molecular weight excluding hydrogens is 658 g/mol. The summed E-state index contributed by atoms with van der Waals surface area (Å²) in [5.74, 6) is -0.630. The topological polar surface area (TPSA) is 57.7 Å². The zero-order valence-electron chi connectivity index (χ0n) is 27.8. The van der Waals surface area contributed by atoms with Gasteiger partial charge >= 0.3 is 12.4 Å². The van der Waals surface area contributed by atoms with E-state index < -0.39 is 29.9 Å². The van der Waals surface area contributed by atoms with Gasteiger partial charge in [-0.25, -0.2) is 4.98 Å². The molecule has 6 rings (SSSR count). The van der Waals surface area contributed by atoms with Crippen LogP contribution in [-0.2, 0) is 12.7 Å². The average molecular weight is 699 g/mol. The summed E-state index contributed by atoms with van der Waals surface area (Å²) in [5.41, 5.74) is -0.412. The Labute approximate surface area is 287 Å². The van der Waals surface area contributed by atoms with E-state index in [4.69, 9.17) is 9.72 Å². The van der Waals surface area contributed by atoms with Gasteiger partial charge in [0.25, 0.3) is 5.91 Å². The number of ether oxygens (including phenoxy) is 1. The van der Waals surface area contributed by atoms with Gasteiger partial charge in [0.05, 0.1) is 28.9 Å². The molecule has 6 nitrogen and oxygen atoms in total. The minimum atomic E-state index is -4.84. The fourth-order valence-corrected chi connectivity index (χ4v) is 7.19. The van der Waals surface area contributed by atoms with E-state index in [0.717, 1.165) is 50.9 Å². The first-order chi connectivity index (χ1) is 23.9. The molecule has 0 bridgehead atoms. The van der Waals surface area contributed by atoms with Crippen LogP contribution in [0.4, 0.5) is 26.3 Å². The number of nitrogens with one attached hydrogen (secondary N) is 1. The van der Waals surface area contributed by atoms with Crippen LogP contribution in [0.5, 0.6) is 5.75 Å². The first-order valence-corrected chi connectivity index (χ1v) is 17.1. The van der Waals surface area contributed by atoms with Crippen molar-refractivity contribution in [3.8, 4) is 17.0 Å². The highest BCUT2D eigenvalue weighted by Crippen LogP contribution is 2.39. The first-order valence-electron chi connectivity index (χ1n) is 17.1. The number of likely N-dealkylation sites (tertiary alicyclic amines) is 2. The molecular formula is C38H40F6N4O2. The summed E-state index contributed by atoms with van der Waals surface area (Å²) in [6, 6.07) is 14.6. The van der Waals surface area contributed by atoms with Crippen LogP contribution in [-0.4, -0.2) is 65.7 Å². The van der Waals surface area contributed by atoms with Crippen LogP contribution in [0.3, 0.4) is 0 Å². The largest absolute Gasteiger partial charge is 0.494 e. The fourth-order valence-electron chi connectivity index (χ4n) is 7.19. The summed E-state index contributed by atoms with van der Waals surface area (Å²) in [6.45, 7) is 5.57. The maximum absolute atomic E-state index is 14.6. The summed E-state index contributed by atoms with van der Waals surface area (Å²) in [7, 11) is 0. The van der Waals surface area contributed by atoms with Crippen molar-refractivity contribution in [1.29, 1.82) is 0 Å². The number of halogens is 6. The van der Waals surface area contributed by atoms with E-state index in [1.807, 2.05) is 0 Å². The number of benzene rings is 3. The Morgan fingerprint density at radius 2 is 1.62 bits per heavy atom. The maximum Gasteiger partial charge on any atom is 0.416 e. The lowest BCUT2D eigenvalue weighted by Gasteiger charge is -2.40. The van der Waals surface area contributed by atoms with Gasteiger partial charge in [-0.05, 0) is 94.7 Å². The maximum atomic E-state index is 14.6. The summed E-state index contributed by atoms with van der Waals surface area (Å²) in [6.07, 6.45) is -4.22. The highest BCUT2D eigenvalue weighted by Gasteiger charge is 2.43. The number of aromatic nitrogens is 1. The predicted molar refractivity (Wildman–Crippen MR) is 180 cm³/mol. The van der Waals surface area contributed by atoms with Gasteiger partial charge in [-0.2, -0.15) is 26.3 Å². The van der Waals surface area contributed by atoms with E-state index in [1.54, 1.807) is 31.2 Å². The molecule has 266 valence electrons. The molecule has 0 saturated carbocycles. The molecule has 0 unspecified atom stereocenters. The average Bonchev–Trinajstić information content (AvgIpc) is 3.10. The third-order valence-electron chi connectivity index (χ3n) is 9.64. The van der Waals surface area contributed by atoms with E-state index >= 15 is 0 Å². The summed E-state index contributed by atoms with van der Waals surface area (Å²) >= 11 is 0. The molecule has 3 aromatic carbocycles. The zero-order valence-corrected chi connectivity index (χ0v) is 27.8. The lowest BCUT2D eigenvalue weighted by molar-refractivity contribution is -0.155. The second-order valence-electron chi connectivity index (χ2n) is 13.0. The molecule has 0 spiro atoms. The molecule has 1 aromatic heterocycles. The number of amides is 1. The Balaban J connectivity index is 1.49. The predicted octanol–water partition coefficient (Wildman–Crippen LogP) is 8.80. The van der Waals surface area contributed by atoms with Gasteiger partial charge < -0.3 is 15.0 Å². The molecule has 2 saturated heterocycles. The van der Waals surface area contributed by atoms with Crippen molar-refractivity contribution in [3.63, 3.8) is 0 Å². The van der Waals surface area contributed by atoms with Crippen LogP contribution in [0, 0.1) is 0 Å². The van der Waals surface area contributed by atoms with E-state index in [0.29, 0.717) is 31.5 Å². The molecule has 4 aromatic rings. The Bertz CT molecular complexity index is 1780. The van der Waals surface area contributed by atoms with Gasteiger partial charge in [0.15, 0.2) is 6.04 Å². The molecule has 1 N–H and O–H groups in total. The van der Waals surface area contributed by atoms with Gasteiger partial charge in [0.1, 0.15) is 5.75 Å². The van der Waals surface area contributed by atoms with Crippen molar-refractivity contribution < 1.29 is 35.9 Å². The molecule has 1 atom stereocenters. The first kappa shape index (κ1) is 35.7. The van der Waals surface area contributed by atoms with Crippen molar-refractivity contribution in [2.24, 2.45) is 0 Å². The lowest BCUT2D eigenvalue weighted by Crippen LogP contribution is -2.46. The van der Waals surface area contributed by atoms with Crippen LogP contribution in [0.1, 0.15) is 72.1 Å². The van der Waals surface area contributed by atoms with E-state index in [1.165, 1.54) is 42.8 Å². The molecule has 2 aliphatic heterocycles. The van der Waals surface area contributed by atoms with Crippen LogP contribution in [0.2, 0.25) is 0 Å². The number of pyridine rings is 1. The van der Waals surface area contributed by atoms with Crippen molar-refractivity contribution >= 4 is 16.8 Å². The quantitative estimate of drug-likeness (QED) is 0.177. The van der Waals surface area contributed by atoms with E-state index in [9.17, 15) is 31.1 Å². The number of hydrogen-bond acceptors (Lipinski definition) is 5. The molecule has 0 radical (unpaired) electrons.